The van der Waals surface area contributed by atoms with Crippen molar-refractivity contribution in [3.63, 3.8) is 0 Å². The van der Waals surface area contributed by atoms with E-state index in [-0.39, 0.29) is 17.6 Å². The number of anilines is 1. The van der Waals surface area contributed by atoms with Crippen molar-refractivity contribution < 1.29 is 14.3 Å². The number of amides is 2. The summed E-state index contributed by atoms with van der Waals surface area (Å²) in [4.78, 5) is 34.8. The van der Waals surface area contributed by atoms with E-state index >= 15 is 0 Å². The third-order valence-electron chi connectivity index (χ3n) is 5.08. The molecular formula is C22H22ClN3O3S2. The van der Waals surface area contributed by atoms with Gasteiger partial charge in [-0.05, 0) is 55.0 Å². The van der Waals surface area contributed by atoms with Crippen LogP contribution < -0.4 is 9.64 Å². The summed E-state index contributed by atoms with van der Waals surface area (Å²) in [6, 6.07) is 9.01. The molecule has 0 radical (unpaired) electrons. The lowest BCUT2D eigenvalue weighted by molar-refractivity contribution is -0.129. The van der Waals surface area contributed by atoms with Crippen molar-refractivity contribution in [3.05, 3.63) is 51.3 Å². The van der Waals surface area contributed by atoms with Gasteiger partial charge < -0.3 is 9.64 Å². The number of carbonyl (C=O) groups is 2. The number of methoxy groups -OCH3 is 1. The first-order valence-electron chi connectivity index (χ1n) is 9.99. The van der Waals surface area contributed by atoms with E-state index in [9.17, 15) is 9.59 Å². The van der Waals surface area contributed by atoms with E-state index in [2.05, 4.69) is 4.99 Å². The van der Waals surface area contributed by atoms with Gasteiger partial charge in [0.25, 0.3) is 5.91 Å². The van der Waals surface area contributed by atoms with Crippen molar-refractivity contribution >= 4 is 63.4 Å². The number of halogens is 1. The molecule has 0 atom stereocenters. The number of aliphatic imine (C=N–C) groups is 1. The Kier molecular flexibility index (Phi) is 6.99. The first-order valence-corrected chi connectivity index (χ1v) is 12.2. The Morgan fingerprint density at radius 2 is 2.10 bits per heavy atom. The topological polar surface area (TPSA) is 62.2 Å². The van der Waals surface area contributed by atoms with Gasteiger partial charge in [0, 0.05) is 18.0 Å². The third kappa shape index (κ3) is 4.97. The first kappa shape index (κ1) is 21.9. The van der Waals surface area contributed by atoms with Crippen LogP contribution in [0.4, 0.5) is 5.69 Å². The fourth-order valence-electron chi connectivity index (χ4n) is 3.48. The van der Waals surface area contributed by atoms with E-state index in [4.69, 9.17) is 16.3 Å². The molecule has 1 aromatic carbocycles. The molecule has 2 aliphatic heterocycles. The van der Waals surface area contributed by atoms with Gasteiger partial charge in [-0.3, -0.25) is 14.5 Å². The summed E-state index contributed by atoms with van der Waals surface area (Å²) in [5.41, 5.74) is 0.921. The van der Waals surface area contributed by atoms with E-state index in [1.807, 2.05) is 22.4 Å². The summed E-state index contributed by atoms with van der Waals surface area (Å²) in [7, 11) is 1.54. The van der Waals surface area contributed by atoms with Gasteiger partial charge in [0.1, 0.15) is 11.4 Å². The van der Waals surface area contributed by atoms with Gasteiger partial charge in [0.05, 0.1) is 23.6 Å². The average molecular weight is 476 g/mol. The minimum Gasteiger partial charge on any atom is -0.495 e. The number of amidine groups is 1. The van der Waals surface area contributed by atoms with Crippen LogP contribution in [-0.2, 0) is 9.59 Å². The van der Waals surface area contributed by atoms with Crippen LogP contribution in [0, 0.1) is 0 Å². The average Bonchev–Trinajstić information content (AvgIpc) is 3.41. The summed E-state index contributed by atoms with van der Waals surface area (Å²) in [5.74, 6) is 0.585. The number of hydrogen-bond acceptors (Lipinski definition) is 6. The van der Waals surface area contributed by atoms with Gasteiger partial charge in [0.2, 0.25) is 5.91 Å². The Balaban J connectivity index is 1.59. The minimum atomic E-state index is -0.248. The zero-order valence-electron chi connectivity index (χ0n) is 17.0. The zero-order valence-corrected chi connectivity index (χ0v) is 19.4. The van der Waals surface area contributed by atoms with Crippen LogP contribution in [0.5, 0.6) is 5.75 Å². The largest absolute Gasteiger partial charge is 0.495 e. The van der Waals surface area contributed by atoms with Crippen molar-refractivity contribution in [2.75, 3.05) is 30.9 Å². The summed E-state index contributed by atoms with van der Waals surface area (Å²) >= 11 is 9.11. The molecule has 0 spiro atoms. The fourth-order valence-corrected chi connectivity index (χ4v) is 5.30. The number of benzene rings is 1. The molecule has 0 bridgehead atoms. The number of nitrogens with zero attached hydrogens (tertiary/aromatic N) is 3. The molecule has 4 rings (SSSR count). The standard InChI is InChI=1S/C22H22ClN3O3S2/c1-29-19-8-7-15(12-17(19)23)26-21(28)18(13-16-6-5-11-30-16)24-22(26)31-14-20(27)25-9-3-2-4-10-25/h5-8,11-13H,2-4,9-10,14H2,1H3/b18-13+. The first-order chi connectivity index (χ1) is 15.1. The van der Waals surface area contributed by atoms with E-state index in [0.29, 0.717) is 27.3 Å². The Hall–Kier alpha value is -2.29. The Bertz CT molecular complexity index is 1030. The second kappa shape index (κ2) is 9.89. The molecule has 0 saturated carbocycles. The molecule has 6 nitrogen and oxygen atoms in total. The molecule has 3 heterocycles. The predicted octanol–water partition coefficient (Wildman–Crippen LogP) is 4.90. The van der Waals surface area contributed by atoms with E-state index in [1.54, 1.807) is 31.4 Å². The fraction of sp³-hybridized carbons (Fsp3) is 0.318. The lowest BCUT2D eigenvalue weighted by atomic mass is 10.1. The number of likely N-dealkylation sites (tertiary alicyclic amines) is 1. The SMILES string of the molecule is COc1ccc(N2C(=O)/C(=C\c3cccs3)N=C2SCC(=O)N2CCCCC2)cc1Cl. The smallest absolute Gasteiger partial charge is 0.283 e. The maximum atomic E-state index is 13.2. The zero-order chi connectivity index (χ0) is 21.8. The minimum absolute atomic E-state index is 0.0725. The molecular weight excluding hydrogens is 454 g/mol. The lowest BCUT2D eigenvalue weighted by Crippen LogP contribution is -2.38. The van der Waals surface area contributed by atoms with Crippen LogP contribution >= 0.6 is 34.7 Å². The molecule has 2 aromatic rings. The highest BCUT2D eigenvalue weighted by Crippen LogP contribution is 2.34. The van der Waals surface area contributed by atoms with Crippen LogP contribution in [0.2, 0.25) is 5.02 Å². The second-order valence-electron chi connectivity index (χ2n) is 7.13. The number of carbonyl (C=O) groups excluding carboxylic acids is 2. The van der Waals surface area contributed by atoms with Crippen LogP contribution in [0.15, 0.2) is 46.4 Å². The Labute approximate surface area is 194 Å². The number of hydrogen-bond donors (Lipinski definition) is 0. The van der Waals surface area contributed by atoms with Crippen LogP contribution in [0.1, 0.15) is 24.1 Å². The molecule has 0 unspecified atom stereocenters. The molecule has 0 N–H and O–H groups in total. The molecule has 162 valence electrons. The van der Waals surface area contributed by atoms with Crippen molar-refractivity contribution in [3.8, 4) is 5.75 Å². The van der Waals surface area contributed by atoms with Crippen LogP contribution in [0.25, 0.3) is 6.08 Å². The highest BCUT2D eigenvalue weighted by atomic mass is 35.5. The third-order valence-corrected chi connectivity index (χ3v) is 7.12. The second-order valence-corrected chi connectivity index (χ2v) is 9.46. The molecule has 2 aliphatic rings. The molecule has 2 amide bonds. The molecule has 1 aromatic heterocycles. The predicted molar refractivity (Wildman–Crippen MR) is 128 cm³/mol. The highest BCUT2D eigenvalue weighted by molar-refractivity contribution is 8.14. The summed E-state index contributed by atoms with van der Waals surface area (Å²) in [5, 5.41) is 2.82. The van der Waals surface area contributed by atoms with E-state index in [0.717, 1.165) is 30.8 Å². The number of rotatable bonds is 5. The van der Waals surface area contributed by atoms with Gasteiger partial charge in [-0.15, -0.1) is 11.3 Å². The summed E-state index contributed by atoms with van der Waals surface area (Å²) in [6.07, 6.45) is 5.02. The molecule has 31 heavy (non-hydrogen) atoms. The molecule has 1 fully saturated rings. The Morgan fingerprint density at radius 3 is 2.77 bits per heavy atom. The number of thiophene rings is 1. The van der Waals surface area contributed by atoms with Crippen molar-refractivity contribution in [2.45, 2.75) is 19.3 Å². The lowest BCUT2D eigenvalue weighted by Gasteiger charge is -2.27. The molecule has 9 heteroatoms. The van der Waals surface area contributed by atoms with Crippen LogP contribution in [-0.4, -0.2) is 47.8 Å². The summed E-state index contributed by atoms with van der Waals surface area (Å²) in [6.45, 7) is 1.60. The Morgan fingerprint density at radius 1 is 1.29 bits per heavy atom. The van der Waals surface area contributed by atoms with Gasteiger partial charge in [-0.1, -0.05) is 29.4 Å². The van der Waals surface area contributed by atoms with Crippen molar-refractivity contribution in [2.24, 2.45) is 4.99 Å². The highest BCUT2D eigenvalue weighted by Gasteiger charge is 2.33. The van der Waals surface area contributed by atoms with Gasteiger partial charge in [-0.25, -0.2) is 4.99 Å². The number of ether oxygens (including phenoxy) is 1. The quantitative estimate of drug-likeness (QED) is 0.577. The molecule has 0 aliphatic carbocycles. The maximum absolute atomic E-state index is 13.2. The summed E-state index contributed by atoms with van der Waals surface area (Å²) < 4.78 is 5.22. The van der Waals surface area contributed by atoms with E-state index < -0.39 is 0 Å². The monoisotopic (exact) mass is 475 g/mol. The van der Waals surface area contributed by atoms with E-state index in [1.165, 1.54) is 34.4 Å². The van der Waals surface area contributed by atoms with Gasteiger partial charge >= 0.3 is 0 Å². The normalized spacial score (nSPS) is 17.9. The number of piperidine rings is 1. The van der Waals surface area contributed by atoms with Gasteiger partial charge in [0.15, 0.2) is 5.17 Å². The van der Waals surface area contributed by atoms with Gasteiger partial charge in [-0.2, -0.15) is 0 Å². The van der Waals surface area contributed by atoms with Crippen LogP contribution in [0.3, 0.4) is 0 Å². The maximum Gasteiger partial charge on any atom is 0.283 e. The van der Waals surface area contributed by atoms with Crippen molar-refractivity contribution in [1.29, 1.82) is 0 Å². The molecule has 1 saturated heterocycles. The number of thioether (sulfide) groups is 1. The van der Waals surface area contributed by atoms with Crippen molar-refractivity contribution in [1.82, 2.24) is 4.90 Å².